The molecule has 0 aromatic carbocycles. The number of rotatable bonds is 6. The number of hydrogen-bond acceptors (Lipinski definition) is 5. The first-order chi connectivity index (χ1) is 9.20. The summed E-state index contributed by atoms with van der Waals surface area (Å²) in [5, 5.41) is 4.30. The Bertz CT molecular complexity index is 497. The van der Waals surface area contributed by atoms with Gasteiger partial charge in [-0.3, -0.25) is 4.98 Å². The van der Waals surface area contributed by atoms with E-state index < -0.39 is 0 Å². The highest BCUT2D eigenvalue weighted by Crippen LogP contribution is 2.26. The average molecular weight is 276 g/mol. The molecule has 5 heteroatoms. The third-order valence-electron chi connectivity index (χ3n) is 3.13. The molecule has 0 aliphatic rings. The smallest absolute Gasteiger partial charge is 0.185 e. The van der Waals surface area contributed by atoms with E-state index in [1.165, 1.54) is 4.88 Å². The number of pyridine rings is 1. The van der Waals surface area contributed by atoms with E-state index >= 15 is 0 Å². The first-order valence-electron chi connectivity index (χ1n) is 6.44. The van der Waals surface area contributed by atoms with Crippen molar-refractivity contribution in [3.05, 3.63) is 41.2 Å². The molecule has 0 saturated carbocycles. The molecule has 2 aromatic rings. The van der Waals surface area contributed by atoms with E-state index in [9.17, 15) is 0 Å². The van der Waals surface area contributed by atoms with Crippen LogP contribution in [0.15, 0.2) is 30.6 Å². The van der Waals surface area contributed by atoms with Gasteiger partial charge in [0.2, 0.25) is 0 Å². The van der Waals surface area contributed by atoms with Crippen LogP contribution in [-0.4, -0.2) is 30.6 Å². The molecule has 19 heavy (non-hydrogen) atoms. The highest BCUT2D eigenvalue weighted by molar-refractivity contribution is 7.15. The van der Waals surface area contributed by atoms with Crippen LogP contribution >= 0.6 is 11.3 Å². The number of hydrogen-bond donors (Lipinski definition) is 1. The lowest BCUT2D eigenvalue weighted by Crippen LogP contribution is -2.20. The molecule has 0 saturated heterocycles. The van der Waals surface area contributed by atoms with E-state index in [1.807, 2.05) is 31.6 Å². The quantitative estimate of drug-likeness (QED) is 0.880. The van der Waals surface area contributed by atoms with Gasteiger partial charge >= 0.3 is 0 Å². The average Bonchev–Trinajstić information content (AvgIpc) is 2.95. The highest BCUT2D eigenvalue weighted by Gasteiger charge is 2.10. The molecular formula is C14H20N4S. The second-order valence-electron chi connectivity index (χ2n) is 4.55. The van der Waals surface area contributed by atoms with E-state index in [0.29, 0.717) is 6.04 Å². The number of anilines is 1. The zero-order valence-electron chi connectivity index (χ0n) is 11.6. The molecule has 2 rings (SSSR count). The van der Waals surface area contributed by atoms with Crippen molar-refractivity contribution in [2.45, 2.75) is 19.4 Å². The third-order valence-corrected chi connectivity index (χ3v) is 4.42. The summed E-state index contributed by atoms with van der Waals surface area (Å²) in [5.41, 5.74) is 1.12. The summed E-state index contributed by atoms with van der Waals surface area (Å²) in [6.07, 6.45) is 4.73. The molecule has 0 fully saturated rings. The lowest BCUT2D eigenvalue weighted by atomic mass is 10.2. The van der Waals surface area contributed by atoms with Crippen LogP contribution in [0.2, 0.25) is 0 Å². The van der Waals surface area contributed by atoms with Crippen molar-refractivity contribution < 1.29 is 0 Å². The van der Waals surface area contributed by atoms with Gasteiger partial charge < -0.3 is 10.2 Å². The summed E-state index contributed by atoms with van der Waals surface area (Å²) >= 11 is 1.74. The van der Waals surface area contributed by atoms with E-state index in [2.05, 4.69) is 40.2 Å². The van der Waals surface area contributed by atoms with Crippen LogP contribution in [0, 0.1) is 0 Å². The van der Waals surface area contributed by atoms with Crippen LogP contribution < -0.4 is 10.2 Å². The fraction of sp³-hybridized carbons (Fsp3) is 0.429. The Morgan fingerprint density at radius 3 is 2.89 bits per heavy atom. The Balaban J connectivity index is 1.93. The second kappa shape index (κ2) is 6.63. The molecular weight excluding hydrogens is 256 g/mol. The molecule has 0 radical (unpaired) electrons. The summed E-state index contributed by atoms with van der Waals surface area (Å²) < 4.78 is 0. The van der Waals surface area contributed by atoms with Gasteiger partial charge in [-0.05, 0) is 26.1 Å². The van der Waals surface area contributed by atoms with Gasteiger partial charge in [0.1, 0.15) is 0 Å². The Morgan fingerprint density at radius 2 is 2.21 bits per heavy atom. The van der Waals surface area contributed by atoms with Gasteiger partial charge in [0.05, 0.1) is 0 Å². The number of likely N-dealkylation sites (N-methyl/N-ethyl adjacent to an activating group) is 1. The highest BCUT2D eigenvalue weighted by atomic mass is 32.1. The van der Waals surface area contributed by atoms with Crippen molar-refractivity contribution in [2.24, 2.45) is 0 Å². The fourth-order valence-electron chi connectivity index (χ4n) is 1.72. The molecule has 2 heterocycles. The van der Waals surface area contributed by atoms with Crippen LogP contribution in [0.5, 0.6) is 0 Å². The van der Waals surface area contributed by atoms with Crippen LogP contribution in [0.4, 0.5) is 5.13 Å². The van der Waals surface area contributed by atoms with E-state index in [1.54, 1.807) is 11.3 Å². The fourth-order valence-corrected chi connectivity index (χ4v) is 2.68. The number of thiazole rings is 1. The van der Waals surface area contributed by atoms with Crippen LogP contribution in [-0.2, 0) is 6.42 Å². The summed E-state index contributed by atoms with van der Waals surface area (Å²) in [4.78, 5) is 12.3. The summed E-state index contributed by atoms with van der Waals surface area (Å²) in [5.74, 6) is 0. The summed E-state index contributed by atoms with van der Waals surface area (Å²) in [6.45, 7) is 3.07. The van der Waals surface area contributed by atoms with Crippen molar-refractivity contribution in [1.82, 2.24) is 15.3 Å². The Morgan fingerprint density at radius 1 is 1.37 bits per heavy atom. The predicted molar refractivity (Wildman–Crippen MR) is 80.8 cm³/mol. The predicted octanol–water partition coefficient (Wildman–Crippen LogP) is 2.50. The number of nitrogens with one attached hydrogen (secondary N) is 1. The Kier molecular flexibility index (Phi) is 4.87. The molecule has 0 aliphatic carbocycles. The maximum Gasteiger partial charge on any atom is 0.185 e. The minimum Gasteiger partial charge on any atom is -0.351 e. The molecule has 1 N–H and O–H groups in total. The van der Waals surface area contributed by atoms with Crippen molar-refractivity contribution in [2.75, 3.05) is 25.5 Å². The molecule has 1 unspecified atom stereocenters. The zero-order valence-corrected chi connectivity index (χ0v) is 12.4. The van der Waals surface area contributed by atoms with Crippen molar-refractivity contribution >= 4 is 16.5 Å². The number of nitrogens with zero attached hydrogens (tertiary/aromatic N) is 3. The molecule has 0 amide bonds. The van der Waals surface area contributed by atoms with Crippen LogP contribution in [0.25, 0.3) is 0 Å². The molecule has 2 aromatic heterocycles. The largest absolute Gasteiger partial charge is 0.351 e. The third kappa shape index (κ3) is 3.75. The number of aromatic nitrogens is 2. The van der Waals surface area contributed by atoms with E-state index in [-0.39, 0.29) is 0 Å². The van der Waals surface area contributed by atoms with Crippen molar-refractivity contribution in [3.8, 4) is 0 Å². The minimum atomic E-state index is 0.357. The summed E-state index contributed by atoms with van der Waals surface area (Å²) in [6, 6.07) is 6.39. The maximum atomic E-state index is 4.48. The SMILES string of the molecule is CNC(C)c1cnc(N(C)CCc2ccccn2)s1. The molecule has 0 aliphatic heterocycles. The second-order valence-corrected chi connectivity index (χ2v) is 5.59. The van der Waals surface area contributed by atoms with Crippen molar-refractivity contribution in [3.63, 3.8) is 0 Å². The summed E-state index contributed by atoms with van der Waals surface area (Å²) in [7, 11) is 4.05. The lowest BCUT2D eigenvalue weighted by molar-refractivity contribution is 0.662. The van der Waals surface area contributed by atoms with Gasteiger partial charge in [-0.2, -0.15) is 0 Å². The topological polar surface area (TPSA) is 41.1 Å². The molecule has 4 nitrogen and oxygen atoms in total. The van der Waals surface area contributed by atoms with Crippen molar-refractivity contribution in [1.29, 1.82) is 0 Å². The van der Waals surface area contributed by atoms with Gasteiger partial charge in [0, 0.05) is 49.0 Å². The van der Waals surface area contributed by atoms with Gasteiger partial charge in [-0.25, -0.2) is 4.98 Å². The normalized spacial score (nSPS) is 12.4. The van der Waals surface area contributed by atoms with Gasteiger partial charge in [-0.15, -0.1) is 11.3 Å². The van der Waals surface area contributed by atoms with E-state index in [0.717, 1.165) is 23.8 Å². The first-order valence-corrected chi connectivity index (χ1v) is 7.26. The van der Waals surface area contributed by atoms with Gasteiger partial charge in [0.25, 0.3) is 0 Å². The Hall–Kier alpha value is -1.46. The monoisotopic (exact) mass is 276 g/mol. The minimum absolute atomic E-state index is 0.357. The first kappa shape index (κ1) is 14.0. The molecule has 0 spiro atoms. The molecule has 0 bridgehead atoms. The van der Waals surface area contributed by atoms with Crippen LogP contribution in [0.1, 0.15) is 23.5 Å². The van der Waals surface area contributed by atoms with E-state index in [4.69, 9.17) is 0 Å². The van der Waals surface area contributed by atoms with Crippen LogP contribution in [0.3, 0.4) is 0 Å². The standard InChI is InChI=1S/C14H20N4S/c1-11(15-2)13-10-17-14(19-13)18(3)9-7-12-6-4-5-8-16-12/h4-6,8,10-11,15H,7,9H2,1-3H3. The lowest BCUT2D eigenvalue weighted by Gasteiger charge is -2.15. The molecule has 102 valence electrons. The molecule has 1 atom stereocenters. The van der Waals surface area contributed by atoms with Gasteiger partial charge in [0.15, 0.2) is 5.13 Å². The zero-order chi connectivity index (χ0) is 13.7. The van der Waals surface area contributed by atoms with Gasteiger partial charge in [-0.1, -0.05) is 6.07 Å². The Labute approximate surface area is 118 Å². The maximum absolute atomic E-state index is 4.48.